The minimum atomic E-state index is -1.41. The van der Waals surface area contributed by atoms with Gasteiger partial charge in [-0.3, -0.25) is 4.79 Å². The minimum absolute atomic E-state index is 0. The summed E-state index contributed by atoms with van der Waals surface area (Å²) in [6.45, 7) is 3.10. The number of hydrogen-bond acceptors (Lipinski definition) is 4. The number of nitrogens with two attached hydrogens (primary N) is 2. The summed E-state index contributed by atoms with van der Waals surface area (Å²) < 4.78 is 0. The van der Waals surface area contributed by atoms with E-state index in [4.69, 9.17) is 22.0 Å². The lowest BCUT2D eigenvalue weighted by molar-refractivity contribution is -0.143. The van der Waals surface area contributed by atoms with Gasteiger partial charge in [-0.15, -0.1) is 24.8 Å². The lowest BCUT2D eigenvalue weighted by Crippen LogP contribution is -2.58. The molecule has 0 aromatic rings. The van der Waals surface area contributed by atoms with Crippen LogP contribution in [-0.4, -0.2) is 28.4 Å². The molecule has 0 aromatic carbocycles. The van der Waals surface area contributed by atoms with Gasteiger partial charge in [-0.1, -0.05) is 12.2 Å². The molecule has 0 saturated carbocycles. The Morgan fingerprint density at radius 3 is 2.29 bits per heavy atom. The number of carboxylic acid groups (broad SMARTS) is 1. The number of aliphatic carboxylic acids is 1. The van der Waals surface area contributed by atoms with Gasteiger partial charge >= 0.3 is 5.97 Å². The van der Waals surface area contributed by atoms with E-state index >= 15 is 0 Å². The van der Waals surface area contributed by atoms with Crippen LogP contribution in [0.25, 0.3) is 0 Å². The van der Waals surface area contributed by atoms with Crippen LogP contribution in [-0.2, 0) is 4.79 Å². The van der Waals surface area contributed by atoms with Gasteiger partial charge in [0.1, 0.15) is 5.54 Å². The van der Waals surface area contributed by atoms with Gasteiger partial charge in [0.15, 0.2) is 0 Å². The van der Waals surface area contributed by atoms with E-state index in [1.54, 1.807) is 19.1 Å². The maximum atomic E-state index is 10.7. The molecule has 0 spiro atoms. The summed E-state index contributed by atoms with van der Waals surface area (Å²) in [7, 11) is 0. The van der Waals surface area contributed by atoms with Crippen molar-refractivity contribution in [3.8, 4) is 0 Å². The molecule has 0 aliphatic carbocycles. The van der Waals surface area contributed by atoms with E-state index in [0.717, 1.165) is 0 Å². The van der Waals surface area contributed by atoms with E-state index in [0.29, 0.717) is 18.6 Å². The summed E-state index contributed by atoms with van der Waals surface area (Å²) in [4.78, 5) is 10.7. The normalized spacial score (nSPS) is 15.3. The van der Waals surface area contributed by atoms with Gasteiger partial charge in [0.2, 0.25) is 0 Å². The first-order chi connectivity index (χ1) is 6.78. The standard InChI is InChI=1S/C10H19N3O2.2ClH/c1-7(11)5-3-4-6-8(12)10(2,13)9(14)15;;/h3-4,8,11H,5-6,12-13H2,1-2H3,(H,14,15);2*1H/b4-3-,11-7?;;/t8?,10-;;/m0../s1. The Morgan fingerprint density at radius 2 is 1.94 bits per heavy atom. The predicted octanol–water partition coefficient (Wildman–Crippen LogP) is 1.34. The summed E-state index contributed by atoms with van der Waals surface area (Å²) in [5.41, 5.74) is 10.3. The maximum absolute atomic E-state index is 10.7. The number of carbonyl (C=O) groups is 1. The van der Waals surface area contributed by atoms with Crippen LogP contribution in [0.15, 0.2) is 12.2 Å². The van der Waals surface area contributed by atoms with Crippen molar-refractivity contribution in [2.75, 3.05) is 0 Å². The molecule has 7 heteroatoms. The van der Waals surface area contributed by atoms with E-state index in [9.17, 15) is 4.79 Å². The molecule has 2 atom stereocenters. The predicted molar refractivity (Wildman–Crippen MR) is 74.5 cm³/mol. The van der Waals surface area contributed by atoms with Gasteiger partial charge in [0.05, 0.1) is 0 Å². The van der Waals surface area contributed by atoms with Crippen molar-refractivity contribution >= 4 is 36.5 Å². The Morgan fingerprint density at radius 1 is 1.47 bits per heavy atom. The Balaban J connectivity index is -0.000000980. The molecule has 5 nitrogen and oxygen atoms in total. The van der Waals surface area contributed by atoms with E-state index < -0.39 is 17.6 Å². The molecule has 0 bridgehead atoms. The highest BCUT2D eigenvalue weighted by atomic mass is 35.5. The highest BCUT2D eigenvalue weighted by Crippen LogP contribution is 2.08. The van der Waals surface area contributed by atoms with Gasteiger partial charge in [0, 0.05) is 18.2 Å². The summed E-state index contributed by atoms with van der Waals surface area (Å²) in [6, 6.07) is -0.628. The van der Waals surface area contributed by atoms with E-state index in [-0.39, 0.29) is 24.8 Å². The van der Waals surface area contributed by atoms with Crippen LogP contribution in [0.2, 0.25) is 0 Å². The van der Waals surface area contributed by atoms with Gasteiger partial charge in [-0.05, 0) is 20.3 Å². The van der Waals surface area contributed by atoms with Crippen LogP contribution in [0.1, 0.15) is 26.7 Å². The molecule has 17 heavy (non-hydrogen) atoms. The molecule has 0 saturated heterocycles. The van der Waals surface area contributed by atoms with Crippen molar-refractivity contribution in [2.24, 2.45) is 11.5 Å². The topological polar surface area (TPSA) is 113 Å². The lowest BCUT2D eigenvalue weighted by atomic mass is 9.91. The lowest BCUT2D eigenvalue weighted by Gasteiger charge is -2.25. The second-order valence-electron chi connectivity index (χ2n) is 3.89. The van der Waals surface area contributed by atoms with Gasteiger partial charge in [-0.2, -0.15) is 0 Å². The molecule has 0 fully saturated rings. The average Bonchev–Trinajstić information content (AvgIpc) is 2.11. The molecule has 0 aliphatic heterocycles. The quantitative estimate of drug-likeness (QED) is 0.436. The Bertz CT molecular complexity index is 281. The van der Waals surface area contributed by atoms with Crippen molar-refractivity contribution in [2.45, 2.75) is 38.3 Å². The van der Waals surface area contributed by atoms with Crippen molar-refractivity contribution in [3.05, 3.63) is 12.2 Å². The van der Waals surface area contributed by atoms with E-state index in [1.807, 2.05) is 0 Å². The Kier molecular flexibility index (Phi) is 12.0. The minimum Gasteiger partial charge on any atom is -0.480 e. The number of hydrogen-bond donors (Lipinski definition) is 4. The summed E-state index contributed by atoms with van der Waals surface area (Å²) in [5, 5.41) is 16.0. The van der Waals surface area contributed by atoms with Crippen molar-refractivity contribution in [3.63, 3.8) is 0 Å². The van der Waals surface area contributed by atoms with Crippen LogP contribution in [0, 0.1) is 5.41 Å². The number of allylic oxidation sites excluding steroid dienone is 1. The molecule has 102 valence electrons. The maximum Gasteiger partial charge on any atom is 0.325 e. The molecule has 0 radical (unpaired) electrons. The zero-order chi connectivity index (χ0) is 12.1. The number of rotatable bonds is 6. The number of carboxylic acids is 1. The SMILES string of the molecule is CC(=N)C/C=C\CC(N)[C@](C)(N)C(=O)O.Cl.Cl. The van der Waals surface area contributed by atoms with Crippen molar-refractivity contribution in [1.82, 2.24) is 0 Å². The fraction of sp³-hybridized carbons (Fsp3) is 0.600. The molecular weight excluding hydrogens is 265 g/mol. The molecule has 0 aliphatic rings. The monoisotopic (exact) mass is 285 g/mol. The summed E-state index contributed by atoms with van der Waals surface area (Å²) >= 11 is 0. The first-order valence-electron chi connectivity index (χ1n) is 4.75. The van der Waals surface area contributed by atoms with E-state index in [2.05, 4.69) is 0 Å². The molecule has 0 amide bonds. The molecule has 6 N–H and O–H groups in total. The summed E-state index contributed by atoms with van der Waals surface area (Å²) in [6.07, 6.45) is 4.50. The largest absolute Gasteiger partial charge is 0.480 e. The van der Waals surface area contributed by atoms with Crippen molar-refractivity contribution < 1.29 is 9.90 Å². The zero-order valence-electron chi connectivity index (χ0n) is 9.97. The highest BCUT2D eigenvalue weighted by molar-refractivity contribution is 5.85. The third kappa shape index (κ3) is 8.15. The number of halogens is 2. The van der Waals surface area contributed by atoms with Crippen LogP contribution in [0.5, 0.6) is 0 Å². The van der Waals surface area contributed by atoms with Crippen LogP contribution >= 0.6 is 24.8 Å². The first kappa shape index (κ1) is 21.6. The van der Waals surface area contributed by atoms with E-state index in [1.165, 1.54) is 6.92 Å². The second-order valence-corrected chi connectivity index (χ2v) is 3.89. The van der Waals surface area contributed by atoms with Crippen LogP contribution in [0.4, 0.5) is 0 Å². The van der Waals surface area contributed by atoms with Crippen LogP contribution < -0.4 is 11.5 Å². The van der Waals surface area contributed by atoms with Crippen molar-refractivity contribution in [1.29, 1.82) is 5.41 Å². The average molecular weight is 286 g/mol. The fourth-order valence-electron chi connectivity index (χ4n) is 0.906. The molecule has 0 aromatic heterocycles. The van der Waals surface area contributed by atoms with Crippen LogP contribution in [0.3, 0.4) is 0 Å². The number of nitrogens with one attached hydrogen (secondary N) is 1. The molecule has 0 rings (SSSR count). The Labute approximate surface area is 114 Å². The van der Waals surface area contributed by atoms with Gasteiger partial charge in [-0.25, -0.2) is 0 Å². The molecule has 1 unspecified atom stereocenters. The molecular formula is C10H21Cl2N3O2. The summed E-state index contributed by atoms with van der Waals surface area (Å²) in [5.74, 6) is -1.10. The second kappa shape index (κ2) is 9.41. The molecule has 0 heterocycles. The highest BCUT2D eigenvalue weighted by Gasteiger charge is 2.34. The third-order valence-corrected chi connectivity index (χ3v) is 2.21. The smallest absolute Gasteiger partial charge is 0.325 e. The third-order valence-electron chi connectivity index (χ3n) is 2.21. The van der Waals surface area contributed by atoms with Gasteiger partial charge in [0.25, 0.3) is 0 Å². The Hall–Kier alpha value is -0.620. The first-order valence-corrected chi connectivity index (χ1v) is 4.75. The zero-order valence-corrected chi connectivity index (χ0v) is 11.6. The fourth-order valence-corrected chi connectivity index (χ4v) is 0.906. The van der Waals surface area contributed by atoms with Gasteiger partial charge < -0.3 is 22.0 Å².